The van der Waals surface area contributed by atoms with Crippen LogP contribution in [0.1, 0.15) is 0 Å². The monoisotopic (exact) mass is 147 g/mol. The molecule has 0 aliphatic heterocycles. The predicted molar refractivity (Wildman–Crippen MR) is 39.1 cm³/mol. The second-order valence-corrected chi connectivity index (χ2v) is 4.60. The quantitative estimate of drug-likeness (QED) is 0.464. The van der Waals surface area contributed by atoms with Gasteiger partial charge < -0.3 is 14.9 Å². The van der Waals surface area contributed by atoms with Crippen LogP contribution in [0.25, 0.3) is 0 Å². The van der Waals surface area contributed by atoms with Crippen molar-refractivity contribution in [3.63, 3.8) is 0 Å². The van der Waals surface area contributed by atoms with Crippen molar-refractivity contribution in [1.29, 1.82) is 0 Å². The van der Waals surface area contributed by atoms with Crippen LogP contribution in [-0.4, -0.2) is 31.7 Å². The van der Waals surface area contributed by atoms with E-state index in [1.54, 1.807) is 7.05 Å². The Labute approximate surface area is 56.3 Å². The molecule has 3 N–H and O–H groups in total. The number of rotatable bonds is 4. The van der Waals surface area contributed by atoms with Gasteiger partial charge >= 0.3 is 8.56 Å². The van der Waals surface area contributed by atoms with Crippen molar-refractivity contribution < 1.29 is 9.59 Å². The molecule has 0 aromatic heterocycles. The summed E-state index contributed by atoms with van der Waals surface area (Å²) in [7, 11) is -1.23. The normalized spacial score (nSPS) is 11.4. The minimum atomic E-state index is -3.00. The molecule has 0 spiro atoms. The maximum Gasteiger partial charge on any atom is 0.360 e. The van der Waals surface area contributed by atoms with Gasteiger partial charge in [0.25, 0.3) is 0 Å². The Balaban J connectivity index is 3.45. The smallest absolute Gasteiger partial charge is 0.360 e. The summed E-state index contributed by atoms with van der Waals surface area (Å²) in [5, 5.41) is 2.83. The Hall–Kier alpha value is -0.163. The molecule has 0 radical (unpaired) electrons. The Morgan fingerprint density at radius 3 is 2.56 bits per heavy atom. The zero-order valence-corrected chi connectivity index (χ0v) is 6.59. The maximum atomic E-state index is 8.99. The predicted octanol–water partition coefficient (Wildman–Crippen LogP) is -0.642. The molecule has 0 bridgehead atoms. The molecule has 0 saturated carbocycles. The van der Waals surface area contributed by atoms with Crippen molar-refractivity contribution in [2.24, 2.45) is 0 Å². The van der Waals surface area contributed by atoms with E-state index >= 15 is 0 Å². The summed E-state index contributed by atoms with van der Waals surface area (Å²) in [6.07, 6.45) is 0. The average molecular weight is 147 g/mol. The molecular formula is C5H13NO2Si. The molecule has 0 atom stereocenters. The second kappa shape index (κ2) is 3.79. The van der Waals surface area contributed by atoms with Gasteiger partial charge in [-0.3, -0.25) is 0 Å². The number of nitrogens with one attached hydrogen (secondary N) is 1. The van der Waals surface area contributed by atoms with Gasteiger partial charge in [-0.25, -0.2) is 0 Å². The third-order valence-corrected chi connectivity index (χ3v) is 2.71. The molecule has 0 saturated heterocycles. The Morgan fingerprint density at radius 1 is 1.67 bits per heavy atom. The van der Waals surface area contributed by atoms with Crippen LogP contribution >= 0.6 is 0 Å². The largest absolute Gasteiger partial charge is 0.408 e. The van der Waals surface area contributed by atoms with Crippen LogP contribution in [0.2, 0.25) is 6.04 Å². The van der Waals surface area contributed by atoms with E-state index < -0.39 is 8.56 Å². The molecule has 0 heterocycles. The minimum absolute atomic E-state index is 0.410. The summed E-state index contributed by atoms with van der Waals surface area (Å²) in [4.78, 5) is 18.0. The van der Waals surface area contributed by atoms with Crippen molar-refractivity contribution in [3.8, 4) is 0 Å². The van der Waals surface area contributed by atoms with Gasteiger partial charge in [-0.1, -0.05) is 0 Å². The van der Waals surface area contributed by atoms with Gasteiger partial charge in [0.1, 0.15) is 0 Å². The average Bonchev–Trinajstić information content (AvgIpc) is 1.84. The highest BCUT2D eigenvalue weighted by Crippen LogP contribution is 1.99. The topological polar surface area (TPSA) is 52.5 Å². The molecule has 0 aromatic rings. The standard InChI is InChI=1S/C5H13NO2Si/c1-3-9(7,8)5-4-6-2/h3,6-8H,1,4-5H2,2H3. The summed E-state index contributed by atoms with van der Waals surface area (Å²) in [6.45, 7) is 3.95. The first-order valence-corrected chi connectivity index (χ1v) is 5.03. The van der Waals surface area contributed by atoms with E-state index in [1.165, 1.54) is 5.70 Å². The van der Waals surface area contributed by atoms with Crippen LogP contribution in [0.15, 0.2) is 12.3 Å². The molecule has 3 nitrogen and oxygen atoms in total. The SMILES string of the molecule is C=C[Si](O)(O)CCNC. The molecule has 9 heavy (non-hydrogen) atoms. The summed E-state index contributed by atoms with van der Waals surface area (Å²) in [6, 6.07) is 0.410. The third kappa shape index (κ3) is 4.35. The first-order valence-electron chi connectivity index (χ1n) is 2.85. The van der Waals surface area contributed by atoms with Crippen LogP contribution < -0.4 is 5.32 Å². The highest BCUT2D eigenvalue weighted by molar-refractivity contribution is 6.69. The number of hydrogen-bond acceptors (Lipinski definition) is 3. The van der Waals surface area contributed by atoms with E-state index in [2.05, 4.69) is 11.9 Å². The maximum absolute atomic E-state index is 8.99. The van der Waals surface area contributed by atoms with Gasteiger partial charge in [-0.2, -0.15) is 0 Å². The van der Waals surface area contributed by atoms with Crippen molar-refractivity contribution in [2.75, 3.05) is 13.6 Å². The number of hydrogen-bond donors (Lipinski definition) is 3. The summed E-state index contributed by atoms with van der Waals surface area (Å²) in [5.74, 6) is 0. The summed E-state index contributed by atoms with van der Waals surface area (Å²) in [5.41, 5.74) is 1.25. The van der Waals surface area contributed by atoms with E-state index in [0.717, 1.165) is 0 Å². The lowest BCUT2D eigenvalue weighted by Gasteiger charge is -2.10. The molecule has 0 aliphatic rings. The Morgan fingerprint density at radius 2 is 2.22 bits per heavy atom. The van der Waals surface area contributed by atoms with Crippen LogP contribution in [0.3, 0.4) is 0 Å². The van der Waals surface area contributed by atoms with Crippen molar-refractivity contribution >= 4 is 8.56 Å². The zero-order chi connectivity index (χ0) is 7.33. The molecule has 0 amide bonds. The first kappa shape index (κ1) is 8.84. The minimum Gasteiger partial charge on any atom is -0.408 e. The Kier molecular flexibility index (Phi) is 3.72. The summed E-state index contributed by atoms with van der Waals surface area (Å²) >= 11 is 0. The van der Waals surface area contributed by atoms with Crippen molar-refractivity contribution in [3.05, 3.63) is 12.3 Å². The highest BCUT2D eigenvalue weighted by Gasteiger charge is 2.22. The van der Waals surface area contributed by atoms with E-state index in [9.17, 15) is 0 Å². The zero-order valence-electron chi connectivity index (χ0n) is 5.59. The lowest BCUT2D eigenvalue weighted by atomic mass is 10.8. The van der Waals surface area contributed by atoms with E-state index in [4.69, 9.17) is 9.59 Å². The van der Waals surface area contributed by atoms with Gasteiger partial charge in [-0.15, -0.1) is 6.58 Å². The lowest BCUT2D eigenvalue weighted by Crippen LogP contribution is -2.35. The third-order valence-electron chi connectivity index (χ3n) is 1.07. The van der Waals surface area contributed by atoms with Crippen molar-refractivity contribution in [1.82, 2.24) is 5.32 Å². The lowest BCUT2D eigenvalue weighted by molar-refractivity contribution is 0.377. The molecule has 0 rings (SSSR count). The van der Waals surface area contributed by atoms with Gasteiger partial charge in [0.05, 0.1) is 0 Å². The fourth-order valence-corrected chi connectivity index (χ4v) is 1.23. The molecule has 0 aliphatic carbocycles. The molecule has 4 heteroatoms. The van der Waals surface area contributed by atoms with Crippen LogP contribution in [-0.2, 0) is 0 Å². The molecule has 0 unspecified atom stereocenters. The van der Waals surface area contributed by atoms with Crippen LogP contribution in [0, 0.1) is 0 Å². The van der Waals surface area contributed by atoms with Gasteiger partial charge in [0.2, 0.25) is 0 Å². The van der Waals surface area contributed by atoms with E-state index in [-0.39, 0.29) is 0 Å². The van der Waals surface area contributed by atoms with Crippen molar-refractivity contribution in [2.45, 2.75) is 6.04 Å². The van der Waals surface area contributed by atoms with E-state index in [0.29, 0.717) is 12.6 Å². The fraction of sp³-hybridized carbons (Fsp3) is 0.600. The molecule has 0 fully saturated rings. The highest BCUT2D eigenvalue weighted by atomic mass is 28.4. The summed E-state index contributed by atoms with van der Waals surface area (Å²) < 4.78 is 0. The first-order chi connectivity index (χ1) is 4.12. The van der Waals surface area contributed by atoms with Crippen LogP contribution in [0.5, 0.6) is 0 Å². The molecular weight excluding hydrogens is 134 g/mol. The molecule has 0 aromatic carbocycles. The van der Waals surface area contributed by atoms with Crippen LogP contribution in [0.4, 0.5) is 0 Å². The second-order valence-electron chi connectivity index (χ2n) is 1.94. The molecule has 54 valence electrons. The van der Waals surface area contributed by atoms with E-state index in [1.807, 2.05) is 0 Å². The van der Waals surface area contributed by atoms with Gasteiger partial charge in [-0.05, 0) is 19.3 Å². The fourth-order valence-electron chi connectivity index (χ4n) is 0.411. The van der Waals surface area contributed by atoms with Gasteiger partial charge in [0.15, 0.2) is 0 Å². The van der Waals surface area contributed by atoms with Gasteiger partial charge in [0, 0.05) is 6.04 Å². The Bertz CT molecular complexity index is 95.0.